The number of carbonyl (C=O) groups is 1. The van der Waals surface area contributed by atoms with Crippen LogP contribution >= 0.6 is 11.6 Å². The van der Waals surface area contributed by atoms with Crippen LogP contribution in [0.15, 0.2) is 40.8 Å². The summed E-state index contributed by atoms with van der Waals surface area (Å²) >= 11 is 5.57. The van der Waals surface area contributed by atoms with E-state index in [1.807, 2.05) is 6.07 Å². The number of Topliss-reactive ketones (excluding diaryl/α,β-unsaturated/α-hetero) is 1. The van der Waals surface area contributed by atoms with Crippen LogP contribution in [0.5, 0.6) is 0 Å². The van der Waals surface area contributed by atoms with Gasteiger partial charge in [0.15, 0.2) is 11.0 Å². The predicted molar refractivity (Wildman–Crippen MR) is 62.8 cm³/mol. The Morgan fingerprint density at radius 2 is 1.94 bits per heavy atom. The number of carbonyl (C=O) groups excluding carboxylic acids is 1. The molecule has 0 fully saturated rings. The molecule has 0 saturated carbocycles. The van der Waals surface area contributed by atoms with Crippen LogP contribution in [0, 0.1) is 17.1 Å². The van der Waals surface area contributed by atoms with E-state index in [-0.39, 0.29) is 11.0 Å². The molecule has 0 bridgehead atoms. The summed E-state index contributed by atoms with van der Waals surface area (Å²) in [5.74, 6) is -1.95. The second-order valence-corrected chi connectivity index (χ2v) is 3.95. The molecular formula is C13H7ClFNO2. The monoisotopic (exact) mass is 263 g/mol. The lowest BCUT2D eigenvalue weighted by Crippen LogP contribution is -2.10. The van der Waals surface area contributed by atoms with Crippen molar-refractivity contribution in [2.24, 2.45) is 0 Å². The minimum Gasteiger partial charge on any atom is -0.442 e. The maximum Gasteiger partial charge on any atom is 0.219 e. The summed E-state index contributed by atoms with van der Waals surface area (Å²) in [6.07, 6.45) is 0. The molecule has 1 heterocycles. The molecule has 0 amide bonds. The third-order valence-corrected chi connectivity index (χ3v) is 2.61. The summed E-state index contributed by atoms with van der Waals surface area (Å²) in [6.45, 7) is 0. The molecule has 3 nitrogen and oxygen atoms in total. The minimum absolute atomic E-state index is 0.0101. The summed E-state index contributed by atoms with van der Waals surface area (Å²) < 4.78 is 17.7. The Morgan fingerprint density at radius 1 is 1.28 bits per heavy atom. The van der Waals surface area contributed by atoms with Gasteiger partial charge in [0.05, 0.1) is 6.07 Å². The van der Waals surface area contributed by atoms with Gasteiger partial charge >= 0.3 is 0 Å². The zero-order valence-electron chi connectivity index (χ0n) is 9.06. The molecule has 1 unspecified atom stereocenters. The third-order valence-electron chi connectivity index (χ3n) is 2.41. The molecule has 1 aromatic heterocycles. The van der Waals surface area contributed by atoms with Gasteiger partial charge < -0.3 is 4.42 Å². The fourth-order valence-corrected chi connectivity index (χ4v) is 1.67. The van der Waals surface area contributed by atoms with Gasteiger partial charge in [-0.15, -0.1) is 0 Å². The largest absolute Gasteiger partial charge is 0.442 e. The number of ketones is 1. The Balaban J connectivity index is 2.32. The normalized spacial score (nSPS) is 11.8. The molecule has 0 saturated heterocycles. The Labute approximate surface area is 107 Å². The first-order valence-corrected chi connectivity index (χ1v) is 5.44. The number of benzene rings is 1. The van der Waals surface area contributed by atoms with E-state index in [1.54, 1.807) is 0 Å². The Bertz CT molecular complexity index is 613. The molecule has 0 aliphatic heterocycles. The summed E-state index contributed by atoms with van der Waals surface area (Å²) in [4.78, 5) is 12.0. The third kappa shape index (κ3) is 2.41. The van der Waals surface area contributed by atoms with Crippen LogP contribution in [0.2, 0.25) is 5.22 Å². The zero-order valence-corrected chi connectivity index (χ0v) is 9.82. The van der Waals surface area contributed by atoms with Crippen molar-refractivity contribution >= 4 is 17.4 Å². The van der Waals surface area contributed by atoms with Crippen molar-refractivity contribution in [1.29, 1.82) is 5.26 Å². The van der Waals surface area contributed by atoms with E-state index in [0.29, 0.717) is 5.56 Å². The Morgan fingerprint density at radius 3 is 2.44 bits per heavy atom. The second-order valence-electron chi connectivity index (χ2n) is 3.58. The van der Waals surface area contributed by atoms with Gasteiger partial charge in [0.1, 0.15) is 11.7 Å². The van der Waals surface area contributed by atoms with Crippen LogP contribution in [-0.2, 0) is 0 Å². The molecule has 5 heteroatoms. The van der Waals surface area contributed by atoms with E-state index in [1.165, 1.54) is 36.4 Å². The molecule has 2 aromatic rings. The molecule has 1 aromatic carbocycles. The van der Waals surface area contributed by atoms with Crippen LogP contribution < -0.4 is 0 Å². The summed E-state index contributed by atoms with van der Waals surface area (Å²) in [6, 6.07) is 9.88. The molecule has 0 radical (unpaired) electrons. The van der Waals surface area contributed by atoms with E-state index in [0.717, 1.165) is 0 Å². The van der Waals surface area contributed by atoms with Crippen molar-refractivity contribution in [3.63, 3.8) is 0 Å². The van der Waals surface area contributed by atoms with E-state index in [4.69, 9.17) is 21.3 Å². The molecule has 0 spiro atoms. The minimum atomic E-state index is -1.03. The molecule has 18 heavy (non-hydrogen) atoms. The second kappa shape index (κ2) is 5.03. The van der Waals surface area contributed by atoms with Gasteiger partial charge in [0.25, 0.3) is 0 Å². The maximum absolute atomic E-state index is 12.8. The number of nitrogens with zero attached hydrogens (tertiary/aromatic N) is 1. The summed E-state index contributed by atoms with van der Waals surface area (Å²) in [7, 11) is 0. The van der Waals surface area contributed by atoms with Crippen LogP contribution in [0.4, 0.5) is 4.39 Å². The standard InChI is InChI=1S/C13H7ClFNO2/c14-12-6-5-11(18-12)13(17)10(7-16)8-1-3-9(15)4-2-8/h1-6,10H. The van der Waals surface area contributed by atoms with Gasteiger partial charge in [-0.1, -0.05) is 12.1 Å². The number of furan rings is 1. The van der Waals surface area contributed by atoms with Crippen LogP contribution in [0.1, 0.15) is 22.0 Å². The lowest BCUT2D eigenvalue weighted by Gasteiger charge is -2.06. The highest BCUT2D eigenvalue weighted by atomic mass is 35.5. The number of hydrogen-bond acceptors (Lipinski definition) is 3. The van der Waals surface area contributed by atoms with Gasteiger partial charge in [0, 0.05) is 0 Å². The fourth-order valence-electron chi connectivity index (χ4n) is 1.53. The van der Waals surface area contributed by atoms with Gasteiger partial charge in [0.2, 0.25) is 5.78 Å². The van der Waals surface area contributed by atoms with Crippen molar-refractivity contribution in [1.82, 2.24) is 0 Å². The Kier molecular flexibility index (Phi) is 3.45. The van der Waals surface area contributed by atoms with E-state index in [9.17, 15) is 9.18 Å². The smallest absolute Gasteiger partial charge is 0.219 e. The van der Waals surface area contributed by atoms with Gasteiger partial charge in [-0.3, -0.25) is 4.79 Å². The van der Waals surface area contributed by atoms with Gasteiger partial charge in [-0.05, 0) is 41.4 Å². The zero-order chi connectivity index (χ0) is 13.1. The number of hydrogen-bond donors (Lipinski definition) is 0. The van der Waals surface area contributed by atoms with Crippen molar-refractivity contribution in [2.45, 2.75) is 5.92 Å². The number of halogens is 2. The molecule has 0 aliphatic rings. The Hall–Kier alpha value is -2.12. The first-order chi connectivity index (χ1) is 8.61. The summed E-state index contributed by atoms with van der Waals surface area (Å²) in [5, 5.41) is 9.13. The predicted octanol–water partition coefficient (Wildman–Crippen LogP) is 3.56. The quantitative estimate of drug-likeness (QED) is 0.796. The lowest BCUT2D eigenvalue weighted by molar-refractivity contribution is 0.0952. The SMILES string of the molecule is N#CC(C(=O)c1ccc(Cl)o1)c1ccc(F)cc1. The van der Waals surface area contributed by atoms with Gasteiger partial charge in [-0.25, -0.2) is 4.39 Å². The van der Waals surface area contributed by atoms with Crippen LogP contribution in [0.3, 0.4) is 0 Å². The van der Waals surface area contributed by atoms with Crippen molar-refractivity contribution in [3.05, 3.63) is 58.8 Å². The highest BCUT2D eigenvalue weighted by molar-refractivity contribution is 6.29. The average molecular weight is 264 g/mol. The topological polar surface area (TPSA) is 54.0 Å². The highest BCUT2D eigenvalue weighted by Gasteiger charge is 2.24. The first kappa shape index (κ1) is 12.3. The lowest BCUT2D eigenvalue weighted by atomic mass is 9.95. The van der Waals surface area contributed by atoms with E-state index in [2.05, 4.69) is 0 Å². The molecule has 0 aliphatic carbocycles. The molecule has 90 valence electrons. The average Bonchev–Trinajstić information content (AvgIpc) is 2.79. The fraction of sp³-hybridized carbons (Fsp3) is 0.0769. The molecule has 0 N–H and O–H groups in total. The van der Waals surface area contributed by atoms with E-state index < -0.39 is 17.5 Å². The highest BCUT2D eigenvalue weighted by Crippen LogP contribution is 2.23. The van der Waals surface area contributed by atoms with Crippen LogP contribution in [-0.4, -0.2) is 5.78 Å². The van der Waals surface area contributed by atoms with Crippen molar-refractivity contribution in [2.75, 3.05) is 0 Å². The molecular weight excluding hydrogens is 257 g/mol. The van der Waals surface area contributed by atoms with Crippen molar-refractivity contribution < 1.29 is 13.6 Å². The molecule has 2 rings (SSSR count). The number of rotatable bonds is 3. The van der Waals surface area contributed by atoms with Crippen LogP contribution in [0.25, 0.3) is 0 Å². The maximum atomic E-state index is 12.8. The summed E-state index contributed by atoms with van der Waals surface area (Å²) in [5.41, 5.74) is 0.413. The first-order valence-electron chi connectivity index (χ1n) is 5.06. The number of nitriles is 1. The van der Waals surface area contributed by atoms with E-state index >= 15 is 0 Å². The van der Waals surface area contributed by atoms with Gasteiger partial charge in [-0.2, -0.15) is 5.26 Å². The van der Waals surface area contributed by atoms with Crippen molar-refractivity contribution in [3.8, 4) is 6.07 Å². The molecule has 1 atom stereocenters.